The maximum absolute atomic E-state index is 14.0. The van der Waals surface area contributed by atoms with Crippen LogP contribution in [-0.2, 0) is 17.9 Å². The standard InChI is InChI=1S/C22H27ClFN3O/c1-26(2)18-8-6-16(7-9-18)14-25-22(28)17-10-12-27(13-11-17)15-19-20(23)4-3-5-21(19)24/h3-9,17H,10-15H2,1-2H3,(H,25,28). The van der Waals surface area contributed by atoms with Crippen molar-refractivity contribution in [2.45, 2.75) is 25.9 Å². The number of likely N-dealkylation sites (tertiary alicyclic amines) is 1. The number of carbonyl (C=O) groups excluding carboxylic acids is 1. The van der Waals surface area contributed by atoms with E-state index in [1.54, 1.807) is 12.1 Å². The molecule has 2 aromatic carbocycles. The summed E-state index contributed by atoms with van der Waals surface area (Å²) in [6, 6.07) is 12.9. The van der Waals surface area contributed by atoms with Gasteiger partial charge in [-0.15, -0.1) is 0 Å². The fourth-order valence-corrected chi connectivity index (χ4v) is 3.73. The number of carbonyl (C=O) groups is 1. The maximum Gasteiger partial charge on any atom is 0.223 e. The quantitative estimate of drug-likeness (QED) is 0.789. The molecule has 0 radical (unpaired) electrons. The lowest BCUT2D eigenvalue weighted by Crippen LogP contribution is -2.40. The molecule has 0 bridgehead atoms. The highest BCUT2D eigenvalue weighted by Gasteiger charge is 2.25. The number of anilines is 1. The second kappa shape index (κ2) is 9.39. The van der Waals surface area contributed by atoms with E-state index >= 15 is 0 Å². The minimum atomic E-state index is -0.271. The molecule has 150 valence electrons. The van der Waals surface area contributed by atoms with Crippen molar-refractivity contribution in [2.75, 3.05) is 32.1 Å². The molecule has 1 heterocycles. The van der Waals surface area contributed by atoms with E-state index in [0.717, 1.165) is 37.2 Å². The predicted molar refractivity (Wildman–Crippen MR) is 112 cm³/mol. The van der Waals surface area contributed by atoms with E-state index in [1.165, 1.54) is 6.07 Å². The van der Waals surface area contributed by atoms with Crippen LogP contribution >= 0.6 is 11.6 Å². The Labute approximate surface area is 171 Å². The zero-order chi connectivity index (χ0) is 20.1. The number of amides is 1. The van der Waals surface area contributed by atoms with Gasteiger partial charge >= 0.3 is 0 Å². The fourth-order valence-electron chi connectivity index (χ4n) is 3.51. The van der Waals surface area contributed by atoms with Crippen LogP contribution in [0.1, 0.15) is 24.0 Å². The van der Waals surface area contributed by atoms with Crippen molar-refractivity contribution in [3.8, 4) is 0 Å². The SMILES string of the molecule is CN(C)c1ccc(CNC(=O)C2CCN(Cc3c(F)cccc3Cl)CC2)cc1. The van der Waals surface area contributed by atoms with Gasteiger partial charge in [0.05, 0.1) is 0 Å². The Morgan fingerprint density at radius 3 is 2.46 bits per heavy atom. The van der Waals surface area contributed by atoms with Gasteiger partial charge in [0.1, 0.15) is 5.82 Å². The van der Waals surface area contributed by atoms with Crippen LogP contribution in [0.25, 0.3) is 0 Å². The van der Waals surface area contributed by atoms with Crippen LogP contribution in [0.3, 0.4) is 0 Å². The average Bonchev–Trinajstić information content (AvgIpc) is 2.70. The highest BCUT2D eigenvalue weighted by molar-refractivity contribution is 6.31. The van der Waals surface area contributed by atoms with Crippen LogP contribution in [0.2, 0.25) is 5.02 Å². The van der Waals surface area contributed by atoms with Crippen molar-refractivity contribution in [2.24, 2.45) is 5.92 Å². The van der Waals surface area contributed by atoms with E-state index < -0.39 is 0 Å². The van der Waals surface area contributed by atoms with E-state index in [1.807, 2.05) is 43.3 Å². The molecule has 0 atom stereocenters. The number of piperidine rings is 1. The summed E-state index contributed by atoms with van der Waals surface area (Å²) in [6.45, 7) is 2.55. The van der Waals surface area contributed by atoms with Crippen molar-refractivity contribution in [1.29, 1.82) is 0 Å². The van der Waals surface area contributed by atoms with E-state index in [-0.39, 0.29) is 17.6 Å². The molecule has 1 aliphatic rings. The lowest BCUT2D eigenvalue weighted by atomic mass is 9.95. The minimum absolute atomic E-state index is 0.00777. The molecule has 0 aliphatic carbocycles. The summed E-state index contributed by atoms with van der Waals surface area (Å²) in [5.74, 6) is -0.165. The van der Waals surface area contributed by atoms with Crippen molar-refractivity contribution >= 4 is 23.2 Å². The van der Waals surface area contributed by atoms with Crippen molar-refractivity contribution in [3.05, 3.63) is 64.4 Å². The van der Waals surface area contributed by atoms with Gasteiger partial charge in [0.2, 0.25) is 5.91 Å². The molecule has 28 heavy (non-hydrogen) atoms. The third kappa shape index (κ3) is 5.24. The Morgan fingerprint density at radius 2 is 1.86 bits per heavy atom. The topological polar surface area (TPSA) is 35.6 Å². The summed E-state index contributed by atoms with van der Waals surface area (Å²) >= 11 is 6.12. The molecule has 6 heteroatoms. The van der Waals surface area contributed by atoms with Crippen molar-refractivity contribution in [1.82, 2.24) is 10.2 Å². The highest BCUT2D eigenvalue weighted by Crippen LogP contribution is 2.24. The summed E-state index contributed by atoms with van der Waals surface area (Å²) in [7, 11) is 4.01. The molecule has 1 fully saturated rings. The molecule has 1 saturated heterocycles. The fraction of sp³-hybridized carbons (Fsp3) is 0.409. The average molecular weight is 404 g/mol. The second-order valence-electron chi connectivity index (χ2n) is 7.53. The van der Waals surface area contributed by atoms with Crippen LogP contribution in [0.4, 0.5) is 10.1 Å². The first-order chi connectivity index (χ1) is 13.4. The van der Waals surface area contributed by atoms with Crippen molar-refractivity contribution < 1.29 is 9.18 Å². The first kappa shape index (κ1) is 20.6. The van der Waals surface area contributed by atoms with Crippen molar-refractivity contribution in [3.63, 3.8) is 0 Å². The number of nitrogens with zero attached hydrogens (tertiary/aromatic N) is 2. The Bertz CT molecular complexity index is 782. The number of hydrogen-bond donors (Lipinski definition) is 1. The third-order valence-electron chi connectivity index (χ3n) is 5.32. The molecule has 1 N–H and O–H groups in total. The van der Waals surface area contributed by atoms with E-state index in [2.05, 4.69) is 10.2 Å². The molecule has 0 aromatic heterocycles. The molecule has 3 rings (SSSR count). The lowest BCUT2D eigenvalue weighted by molar-refractivity contribution is -0.126. The largest absolute Gasteiger partial charge is 0.378 e. The maximum atomic E-state index is 14.0. The van der Waals surface area contributed by atoms with Crippen LogP contribution in [-0.4, -0.2) is 38.0 Å². The van der Waals surface area contributed by atoms with Gasteiger partial charge in [-0.3, -0.25) is 9.69 Å². The van der Waals surface area contributed by atoms with E-state index in [4.69, 9.17) is 11.6 Å². The summed E-state index contributed by atoms with van der Waals surface area (Å²) in [5.41, 5.74) is 2.76. The van der Waals surface area contributed by atoms with Gasteiger partial charge < -0.3 is 10.2 Å². The summed E-state index contributed by atoms with van der Waals surface area (Å²) in [5, 5.41) is 3.51. The third-order valence-corrected chi connectivity index (χ3v) is 5.68. The summed E-state index contributed by atoms with van der Waals surface area (Å²) in [6.07, 6.45) is 1.55. The zero-order valence-electron chi connectivity index (χ0n) is 16.4. The Kier molecular flexibility index (Phi) is 6.92. The van der Waals surface area contributed by atoms with Gasteiger partial charge in [-0.25, -0.2) is 4.39 Å². The molecule has 0 saturated carbocycles. The van der Waals surface area contributed by atoms with Gasteiger partial charge in [-0.1, -0.05) is 29.8 Å². The molecular formula is C22H27ClFN3O. The molecule has 1 amide bonds. The van der Waals surface area contributed by atoms with E-state index in [0.29, 0.717) is 23.7 Å². The van der Waals surface area contributed by atoms with Crippen LogP contribution in [0, 0.1) is 11.7 Å². The Morgan fingerprint density at radius 1 is 1.18 bits per heavy atom. The summed E-state index contributed by atoms with van der Waals surface area (Å²) in [4.78, 5) is 16.7. The monoisotopic (exact) mass is 403 g/mol. The summed E-state index contributed by atoms with van der Waals surface area (Å²) < 4.78 is 14.0. The first-order valence-corrected chi connectivity index (χ1v) is 10.0. The Balaban J connectivity index is 1.46. The number of nitrogens with one attached hydrogen (secondary N) is 1. The number of halogens is 2. The molecule has 2 aromatic rings. The highest BCUT2D eigenvalue weighted by atomic mass is 35.5. The number of hydrogen-bond acceptors (Lipinski definition) is 3. The minimum Gasteiger partial charge on any atom is -0.378 e. The lowest BCUT2D eigenvalue weighted by Gasteiger charge is -2.31. The van der Waals surface area contributed by atoms with Crippen LogP contribution in [0.15, 0.2) is 42.5 Å². The Hall–Kier alpha value is -2.11. The second-order valence-corrected chi connectivity index (χ2v) is 7.94. The smallest absolute Gasteiger partial charge is 0.223 e. The normalized spacial score (nSPS) is 15.4. The van der Waals surface area contributed by atoms with E-state index in [9.17, 15) is 9.18 Å². The molecular weight excluding hydrogens is 377 g/mol. The predicted octanol–water partition coefficient (Wildman–Crippen LogP) is 4.07. The number of benzene rings is 2. The molecule has 0 unspecified atom stereocenters. The number of rotatable bonds is 6. The van der Waals surface area contributed by atoms with Crippen LogP contribution < -0.4 is 10.2 Å². The molecule has 4 nitrogen and oxygen atoms in total. The zero-order valence-corrected chi connectivity index (χ0v) is 17.2. The van der Waals surface area contributed by atoms with Gasteiger partial charge in [0.25, 0.3) is 0 Å². The van der Waals surface area contributed by atoms with Crippen LogP contribution in [0.5, 0.6) is 0 Å². The van der Waals surface area contributed by atoms with Gasteiger partial charge in [0.15, 0.2) is 0 Å². The van der Waals surface area contributed by atoms with Gasteiger partial charge in [-0.2, -0.15) is 0 Å². The molecule has 1 aliphatic heterocycles. The molecule has 0 spiro atoms. The first-order valence-electron chi connectivity index (χ1n) is 9.63. The van der Waals surface area contributed by atoms with Gasteiger partial charge in [-0.05, 0) is 55.8 Å². The van der Waals surface area contributed by atoms with Gasteiger partial charge in [0, 0.05) is 49.4 Å².